The number of anilines is 1. The second kappa shape index (κ2) is 6.08. The minimum absolute atomic E-state index is 0.200. The molecule has 5 rings (SSSR count). The molecule has 3 aliphatic heterocycles. The predicted octanol–water partition coefficient (Wildman–Crippen LogP) is 0.801. The van der Waals surface area contributed by atoms with Crippen molar-refractivity contribution < 1.29 is 9.53 Å². The highest BCUT2D eigenvalue weighted by Crippen LogP contribution is 2.34. The number of hydrogen-bond donors (Lipinski definition) is 2. The number of nitrogens with zero attached hydrogens (tertiary/aromatic N) is 4. The summed E-state index contributed by atoms with van der Waals surface area (Å²) in [4.78, 5) is 28.3. The number of hydrogen-bond acceptors (Lipinski definition) is 6. The lowest BCUT2D eigenvalue weighted by Crippen LogP contribution is -2.59. The Balaban J connectivity index is 1.34. The molecule has 2 bridgehead atoms. The van der Waals surface area contributed by atoms with E-state index in [0.717, 1.165) is 42.8 Å². The third-order valence-electron chi connectivity index (χ3n) is 5.58. The first kappa shape index (κ1) is 15.8. The van der Waals surface area contributed by atoms with E-state index in [-0.39, 0.29) is 12.0 Å². The number of aromatic nitrogens is 3. The molecule has 1 unspecified atom stereocenters. The van der Waals surface area contributed by atoms with E-state index >= 15 is 0 Å². The minimum atomic E-state index is -0.304. The van der Waals surface area contributed by atoms with Crippen molar-refractivity contribution in [1.82, 2.24) is 25.2 Å². The summed E-state index contributed by atoms with van der Waals surface area (Å²) in [6.45, 7) is 2.20. The Labute approximate surface area is 155 Å². The number of H-pyrrole nitrogens is 1. The number of fused-ring (bicyclic) bond motifs is 3. The number of thiocarbonyl (C=S) groups is 1. The third kappa shape index (κ3) is 2.49. The highest BCUT2D eigenvalue weighted by molar-refractivity contribution is 7.80. The normalized spacial score (nSPS) is 27.8. The van der Waals surface area contributed by atoms with Crippen molar-refractivity contribution in [3.05, 3.63) is 18.6 Å². The molecule has 9 heteroatoms. The molecule has 2 N–H and O–H groups in total. The summed E-state index contributed by atoms with van der Waals surface area (Å²) in [7, 11) is 0. The fraction of sp³-hybridized carbons (Fsp3) is 0.529. The first-order valence-electron chi connectivity index (χ1n) is 8.99. The number of piperazine rings is 1. The minimum Gasteiger partial charge on any atom is -0.464 e. The number of esters is 1. The average Bonchev–Trinajstić information content (AvgIpc) is 3.33. The van der Waals surface area contributed by atoms with Crippen molar-refractivity contribution in [2.75, 3.05) is 24.6 Å². The van der Waals surface area contributed by atoms with Gasteiger partial charge in [-0.3, -0.25) is 0 Å². The summed E-state index contributed by atoms with van der Waals surface area (Å²) >= 11 is 5.63. The summed E-state index contributed by atoms with van der Waals surface area (Å²) in [6, 6.07) is 2.38. The maximum absolute atomic E-state index is 11.7. The first-order valence-corrected chi connectivity index (χ1v) is 9.40. The maximum Gasteiger partial charge on any atom is 0.328 e. The van der Waals surface area contributed by atoms with Crippen LogP contribution in [0.1, 0.15) is 19.3 Å². The van der Waals surface area contributed by atoms with Crippen LogP contribution in [0.15, 0.2) is 18.6 Å². The largest absolute Gasteiger partial charge is 0.464 e. The van der Waals surface area contributed by atoms with Gasteiger partial charge in [0, 0.05) is 37.8 Å². The lowest BCUT2D eigenvalue weighted by atomic mass is 10.2. The van der Waals surface area contributed by atoms with Crippen molar-refractivity contribution >= 4 is 40.2 Å². The average molecular weight is 372 g/mol. The van der Waals surface area contributed by atoms with Crippen LogP contribution in [0.3, 0.4) is 0 Å². The summed E-state index contributed by atoms with van der Waals surface area (Å²) in [6.07, 6.45) is 6.38. The van der Waals surface area contributed by atoms with Gasteiger partial charge >= 0.3 is 5.97 Å². The predicted molar refractivity (Wildman–Crippen MR) is 99.8 cm³/mol. The van der Waals surface area contributed by atoms with Gasteiger partial charge in [-0.05, 0) is 31.1 Å². The van der Waals surface area contributed by atoms with Crippen LogP contribution in [0.2, 0.25) is 0 Å². The second-order valence-electron chi connectivity index (χ2n) is 7.09. The zero-order valence-corrected chi connectivity index (χ0v) is 15.0. The standard InChI is InChI=1S/C17H20N6O2S/c24-16-13(4-6-25-16)21-17(26)23-10-1-2-11(23)8-22(7-10)15-12-3-5-18-14(12)19-9-20-15/h3,5,9-11,13H,1-2,4,6-8H2,(H,21,26)(H,18,19,20)/t10-,11+,13?. The van der Waals surface area contributed by atoms with Crippen LogP contribution in [0, 0.1) is 0 Å². The topological polar surface area (TPSA) is 86.4 Å². The van der Waals surface area contributed by atoms with Crippen molar-refractivity contribution in [3.8, 4) is 0 Å². The van der Waals surface area contributed by atoms with E-state index in [4.69, 9.17) is 17.0 Å². The molecule has 26 heavy (non-hydrogen) atoms. The molecule has 0 saturated carbocycles. The molecule has 3 atom stereocenters. The zero-order valence-electron chi connectivity index (χ0n) is 14.2. The number of carbonyl (C=O) groups excluding carboxylic acids is 1. The van der Waals surface area contributed by atoms with Gasteiger partial charge in [0.2, 0.25) is 0 Å². The van der Waals surface area contributed by atoms with Crippen LogP contribution < -0.4 is 10.2 Å². The summed E-state index contributed by atoms with van der Waals surface area (Å²) in [5.41, 5.74) is 0.863. The fourth-order valence-corrected chi connectivity index (χ4v) is 4.81. The van der Waals surface area contributed by atoms with Crippen LogP contribution in [0.25, 0.3) is 11.0 Å². The van der Waals surface area contributed by atoms with E-state index in [0.29, 0.717) is 30.2 Å². The van der Waals surface area contributed by atoms with E-state index in [1.807, 2.05) is 12.3 Å². The Morgan fingerprint density at radius 2 is 2.08 bits per heavy atom. The fourth-order valence-electron chi connectivity index (χ4n) is 4.37. The summed E-state index contributed by atoms with van der Waals surface area (Å²) in [5, 5.41) is 4.94. The molecule has 0 aromatic carbocycles. The molecule has 136 valence electrons. The van der Waals surface area contributed by atoms with E-state index in [2.05, 4.69) is 30.1 Å². The van der Waals surface area contributed by atoms with Crippen molar-refractivity contribution in [3.63, 3.8) is 0 Å². The summed E-state index contributed by atoms with van der Waals surface area (Å²) < 4.78 is 5.03. The molecular weight excluding hydrogens is 352 g/mol. The van der Waals surface area contributed by atoms with Crippen molar-refractivity contribution in [2.24, 2.45) is 0 Å². The number of cyclic esters (lactones) is 1. The molecule has 5 heterocycles. The van der Waals surface area contributed by atoms with Gasteiger partial charge in [0.05, 0.1) is 12.0 Å². The molecule has 3 saturated heterocycles. The SMILES string of the molecule is O=C1OCCC1NC(=S)N1[C@@H]2CC[C@H]1CN(c1ncnc3[nH]ccc13)C2. The number of carbonyl (C=O) groups is 1. The molecule has 2 aromatic heterocycles. The zero-order chi connectivity index (χ0) is 17.7. The Morgan fingerprint density at radius 3 is 2.81 bits per heavy atom. The molecule has 0 amide bonds. The first-order chi connectivity index (χ1) is 12.7. The monoisotopic (exact) mass is 372 g/mol. The second-order valence-corrected chi connectivity index (χ2v) is 7.48. The van der Waals surface area contributed by atoms with Crippen molar-refractivity contribution in [2.45, 2.75) is 37.4 Å². The Kier molecular flexibility index (Phi) is 3.70. The number of ether oxygens (including phenoxy) is 1. The quantitative estimate of drug-likeness (QED) is 0.591. The molecule has 0 radical (unpaired) electrons. The van der Waals surface area contributed by atoms with E-state index < -0.39 is 0 Å². The van der Waals surface area contributed by atoms with Gasteiger partial charge in [-0.1, -0.05) is 0 Å². The molecular formula is C17H20N6O2S. The number of nitrogens with one attached hydrogen (secondary N) is 2. The van der Waals surface area contributed by atoms with Crippen LogP contribution in [-0.4, -0.2) is 68.8 Å². The smallest absolute Gasteiger partial charge is 0.328 e. The lowest BCUT2D eigenvalue weighted by Gasteiger charge is -2.43. The van der Waals surface area contributed by atoms with Gasteiger partial charge in [0.1, 0.15) is 23.8 Å². The van der Waals surface area contributed by atoms with Gasteiger partial charge < -0.3 is 24.8 Å². The molecule has 0 aliphatic carbocycles. The lowest BCUT2D eigenvalue weighted by molar-refractivity contribution is -0.139. The molecule has 2 aromatic rings. The molecule has 8 nitrogen and oxygen atoms in total. The number of rotatable bonds is 2. The van der Waals surface area contributed by atoms with Crippen LogP contribution in [-0.2, 0) is 9.53 Å². The van der Waals surface area contributed by atoms with Crippen LogP contribution in [0.5, 0.6) is 0 Å². The Morgan fingerprint density at radius 1 is 1.27 bits per heavy atom. The summed E-state index contributed by atoms with van der Waals surface area (Å²) in [5.74, 6) is 0.778. The Bertz CT molecular complexity index is 856. The Hall–Kier alpha value is -2.42. The molecule has 0 spiro atoms. The van der Waals surface area contributed by atoms with Gasteiger partial charge in [0.15, 0.2) is 5.11 Å². The van der Waals surface area contributed by atoms with E-state index in [1.54, 1.807) is 6.33 Å². The highest BCUT2D eigenvalue weighted by Gasteiger charge is 2.43. The highest BCUT2D eigenvalue weighted by atomic mass is 32.1. The molecule has 3 aliphatic rings. The van der Waals surface area contributed by atoms with Gasteiger partial charge in [-0.25, -0.2) is 14.8 Å². The van der Waals surface area contributed by atoms with Gasteiger partial charge in [0.25, 0.3) is 0 Å². The number of aromatic amines is 1. The van der Waals surface area contributed by atoms with Crippen molar-refractivity contribution in [1.29, 1.82) is 0 Å². The van der Waals surface area contributed by atoms with Crippen LogP contribution in [0.4, 0.5) is 5.82 Å². The third-order valence-corrected chi connectivity index (χ3v) is 5.91. The molecule has 3 fully saturated rings. The van der Waals surface area contributed by atoms with Gasteiger partial charge in [-0.15, -0.1) is 0 Å². The van der Waals surface area contributed by atoms with Gasteiger partial charge in [-0.2, -0.15) is 0 Å². The van der Waals surface area contributed by atoms with E-state index in [1.165, 1.54) is 0 Å². The van der Waals surface area contributed by atoms with Crippen LogP contribution >= 0.6 is 12.2 Å². The van der Waals surface area contributed by atoms with E-state index in [9.17, 15) is 4.79 Å². The maximum atomic E-state index is 11.7.